The molecule has 2 aromatic heterocycles. The Kier molecular flexibility index (Phi) is 4.52. The summed E-state index contributed by atoms with van der Waals surface area (Å²) >= 11 is 1.61. The standard InChI is InChI=1S/C11H16N6S/c1-2-3-4-7-18-11-15-9(12)14-10(16-11)17-6-5-13-8-17/h5-6,8H,2-4,7H2,1H3,(H2,12,14,15,16). The van der Waals surface area contributed by atoms with Crippen LogP contribution in [0.5, 0.6) is 0 Å². The molecule has 6 nitrogen and oxygen atoms in total. The molecule has 0 saturated carbocycles. The number of thioether (sulfide) groups is 1. The summed E-state index contributed by atoms with van der Waals surface area (Å²) in [5, 5.41) is 0.669. The number of rotatable bonds is 6. The fraction of sp³-hybridized carbons (Fsp3) is 0.455. The Bertz CT molecular complexity index is 484. The molecule has 0 fully saturated rings. The van der Waals surface area contributed by atoms with Gasteiger partial charge in [-0.1, -0.05) is 31.5 Å². The van der Waals surface area contributed by atoms with E-state index in [0.29, 0.717) is 11.1 Å². The highest BCUT2D eigenvalue weighted by Crippen LogP contribution is 2.17. The third-order valence-corrected chi connectivity index (χ3v) is 3.27. The van der Waals surface area contributed by atoms with Gasteiger partial charge in [0.2, 0.25) is 11.9 Å². The lowest BCUT2D eigenvalue weighted by molar-refractivity contribution is 0.775. The van der Waals surface area contributed by atoms with Crippen molar-refractivity contribution in [3.05, 3.63) is 18.7 Å². The van der Waals surface area contributed by atoms with Gasteiger partial charge in [0, 0.05) is 18.1 Å². The first kappa shape index (κ1) is 12.8. The lowest BCUT2D eigenvalue weighted by Crippen LogP contribution is -2.06. The van der Waals surface area contributed by atoms with E-state index < -0.39 is 0 Å². The van der Waals surface area contributed by atoms with Gasteiger partial charge in [-0.05, 0) is 6.42 Å². The van der Waals surface area contributed by atoms with E-state index in [2.05, 4.69) is 26.9 Å². The maximum Gasteiger partial charge on any atom is 0.240 e. The summed E-state index contributed by atoms with van der Waals surface area (Å²) in [4.78, 5) is 16.5. The van der Waals surface area contributed by atoms with Crippen molar-refractivity contribution in [1.29, 1.82) is 0 Å². The summed E-state index contributed by atoms with van der Waals surface area (Å²) in [5.41, 5.74) is 5.69. The Labute approximate surface area is 110 Å². The Morgan fingerprint density at radius 3 is 2.89 bits per heavy atom. The van der Waals surface area contributed by atoms with E-state index in [1.54, 1.807) is 35.0 Å². The second-order valence-electron chi connectivity index (χ2n) is 3.80. The number of nitrogen functional groups attached to an aromatic ring is 1. The van der Waals surface area contributed by atoms with Crippen LogP contribution >= 0.6 is 11.8 Å². The first-order valence-electron chi connectivity index (χ1n) is 5.92. The summed E-state index contributed by atoms with van der Waals surface area (Å²) in [5.74, 6) is 1.75. The van der Waals surface area contributed by atoms with E-state index in [9.17, 15) is 0 Å². The predicted octanol–water partition coefficient (Wildman–Crippen LogP) is 1.92. The maximum absolute atomic E-state index is 5.69. The maximum atomic E-state index is 5.69. The largest absolute Gasteiger partial charge is 0.368 e. The molecule has 0 spiro atoms. The molecule has 2 rings (SSSR count). The van der Waals surface area contributed by atoms with Gasteiger partial charge in [0.1, 0.15) is 6.33 Å². The molecule has 0 aliphatic heterocycles. The fourth-order valence-corrected chi connectivity index (χ4v) is 2.27. The van der Waals surface area contributed by atoms with Crippen molar-refractivity contribution in [2.24, 2.45) is 0 Å². The highest BCUT2D eigenvalue weighted by Gasteiger charge is 2.06. The van der Waals surface area contributed by atoms with Crippen LogP contribution in [0.1, 0.15) is 26.2 Å². The number of aromatic nitrogens is 5. The Balaban J connectivity index is 2.07. The molecule has 0 bridgehead atoms. The molecular formula is C11H16N6S. The summed E-state index contributed by atoms with van der Waals surface area (Å²) in [6.45, 7) is 2.18. The van der Waals surface area contributed by atoms with Gasteiger partial charge >= 0.3 is 0 Å². The first-order valence-corrected chi connectivity index (χ1v) is 6.91. The Morgan fingerprint density at radius 1 is 1.28 bits per heavy atom. The topological polar surface area (TPSA) is 82.5 Å². The number of hydrogen-bond acceptors (Lipinski definition) is 6. The third kappa shape index (κ3) is 3.43. The van der Waals surface area contributed by atoms with Crippen LogP contribution in [0.2, 0.25) is 0 Å². The van der Waals surface area contributed by atoms with Gasteiger partial charge in [-0.2, -0.15) is 15.0 Å². The molecular weight excluding hydrogens is 248 g/mol. The highest BCUT2D eigenvalue weighted by molar-refractivity contribution is 7.99. The number of nitrogens with zero attached hydrogens (tertiary/aromatic N) is 5. The van der Waals surface area contributed by atoms with Crippen LogP contribution in [0.15, 0.2) is 23.9 Å². The minimum absolute atomic E-state index is 0.242. The molecule has 18 heavy (non-hydrogen) atoms. The van der Waals surface area contributed by atoms with Crippen LogP contribution in [0.25, 0.3) is 5.95 Å². The Morgan fingerprint density at radius 2 is 2.17 bits per heavy atom. The lowest BCUT2D eigenvalue weighted by Gasteiger charge is -2.04. The van der Waals surface area contributed by atoms with Crippen LogP contribution in [0.3, 0.4) is 0 Å². The van der Waals surface area contributed by atoms with Crippen molar-refractivity contribution in [2.75, 3.05) is 11.5 Å². The minimum atomic E-state index is 0.242. The van der Waals surface area contributed by atoms with Gasteiger partial charge in [0.15, 0.2) is 5.16 Å². The molecule has 0 amide bonds. The zero-order valence-corrected chi connectivity index (χ0v) is 11.1. The molecule has 0 atom stereocenters. The van der Waals surface area contributed by atoms with Crippen molar-refractivity contribution >= 4 is 17.7 Å². The van der Waals surface area contributed by atoms with E-state index >= 15 is 0 Å². The zero-order chi connectivity index (χ0) is 12.8. The molecule has 2 heterocycles. The van der Waals surface area contributed by atoms with E-state index in [4.69, 9.17) is 5.73 Å². The van der Waals surface area contributed by atoms with Crippen LogP contribution < -0.4 is 5.73 Å². The van der Waals surface area contributed by atoms with Gasteiger partial charge < -0.3 is 5.73 Å². The number of hydrogen-bond donors (Lipinski definition) is 1. The normalized spacial score (nSPS) is 10.7. The molecule has 0 aliphatic rings. The van der Waals surface area contributed by atoms with Crippen molar-refractivity contribution in [2.45, 2.75) is 31.3 Å². The summed E-state index contributed by atoms with van der Waals surface area (Å²) < 4.78 is 1.72. The molecule has 0 aromatic carbocycles. The zero-order valence-electron chi connectivity index (χ0n) is 10.3. The molecule has 96 valence electrons. The molecule has 7 heteroatoms. The van der Waals surface area contributed by atoms with Crippen LogP contribution in [-0.2, 0) is 0 Å². The highest BCUT2D eigenvalue weighted by atomic mass is 32.2. The van der Waals surface area contributed by atoms with E-state index in [-0.39, 0.29) is 5.95 Å². The Hall–Kier alpha value is -1.63. The van der Waals surface area contributed by atoms with Crippen molar-refractivity contribution < 1.29 is 0 Å². The number of imidazole rings is 1. The van der Waals surface area contributed by atoms with Crippen LogP contribution in [0, 0.1) is 0 Å². The molecule has 0 unspecified atom stereocenters. The van der Waals surface area contributed by atoms with E-state index in [0.717, 1.165) is 12.2 Å². The SMILES string of the molecule is CCCCCSc1nc(N)nc(-n2ccnc2)n1. The second kappa shape index (κ2) is 6.34. The van der Waals surface area contributed by atoms with Crippen molar-refractivity contribution in [3.63, 3.8) is 0 Å². The van der Waals surface area contributed by atoms with Gasteiger partial charge in [-0.25, -0.2) is 4.98 Å². The van der Waals surface area contributed by atoms with Crippen molar-refractivity contribution in [1.82, 2.24) is 24.5 Å². The van der Waals surface area contributed by atoms with Crippen molar-refractivity contribution in [3.8, 4) is 5.95 Å². The number of unbranched alkanes of at least 4 members (excludes halogenated alkanes) is 2. The quantitative estimate of drug-likeness (QED) is 0.634. The van der Waals surface area contributed by atoms with Gasteiger partial charge in [-0.15, -0.1) is 0 Å². The third-order valence-electron chi connectivity index (χ3n) is 2.33. The molecule has 2 aromatic rings. The monoisotopic (exact) mass is 264 g/mol. The molecule has 0 aliphatic carbocycles. The minimum Gasteiger partial charge on any atom is -0.368 e. The van der Waals surface area contributed by atoms with Gasteiger partial charge in [0.25, 0.3) is 0 Å². The van der Waals surface area contributed by atoms with Gasteiger partial charge in [-0.3, -0.25) is 4.57 Å². The smallest absolute Gasteiger partial charge is 0.240 e. The fourth-order valence-electron chi connectivity index (χ4n) is 1.43. The number of anilines is 1. The second-order valence-corrected chi connectivity index (χ2v) is 4.86. The van der Waals surface area contributed by atoms with E-state index in [1.165, 1.54) is 12.8 Å². The summed E-state index contributed by atoms with van der Waals surface area (Å²) in [6.07, 6.45) is 8.68. The lowest BCUT2D eigenvalue weighted by atomic mass is 10.3. The molecule has 0 radical (unpaired) electrons. The van der Waals surface area contributed by atoms with E-state index in [1.807, 2.05) is 0 Å². The van der Waals surface area contributed by atoms with Crippen LogP contribution in [0.4, 0.5) is 5.95 Å². The predicted molar refractivity (Wildman–Crippen MR) is 71.6 cm³/mol. The van der Waals surface area contributed by atoms with Crippen LogP contribution in [-0.4, -0.2) is 30.3 Å². The number of nitrogens with two attached hydrogens (primary N) is 1. The first-order chi connectivity index (χ1) is 8.79. The summed E-state index contributed by atoms with van der Waals surface area (Å²) in [7, 11) is 0. The summed E-state index contributed by atoms with van der Waals surface area (Å²) in [6, 6.07) is 0. The molecule has 2 N–H and O–H groups in total. The van der Waals surface area contributed by atoms with Gasteiger partial charge in [0.05, 0.1) is 0 Å². The average Bonchev–Trinajstić information content (AvgIpc) is 2.88. The molecule has 0 saturated heterocycles. The average molecular weight is 264 g/mol.